The Morgan fingerprint density at radius 2 is 1.52 bits per heavy atom. The summed E-state index contributed by atoms with van der Waals surface area (Å²) in [6.45, 7) is 5.76. The number of benzene rings is 2. The molecule has 0 aromatic heterocycles. The number of nitrogens with one attached hydrogen (secondary N) is 1. The molecule has 3 rings (SSSR count). The first-order valence-electron chi connectivity index (χ1n) is 8.88. The highest BCUT2D eigenvalue weighted by Gasteiger charge is 2.40. The van der Waals surface area contributed by atoms with Crippen molar-refractivity contribution in [3.63, 3.8) is 0 Å². The fraction of sp³-hybridized carbons (Fsp3) is 0.286. The van der Waals surface area contributed by atoms with E-state index in [0.29, 0.717) is 17.7 Å². The number of hydrogen-bond donors (Lipinski definition) is 1. The number of rotatable bonds is 6. The van der Waals surface area contributed by atoms with Crippen LogP contribution in [0.4, 0.5) is 0 Å². The van der Waals surface area contributed by atoms with E-state index in [1.165, 1.54) is 0 Å². The fourth-order valence-corrected chi connectivity index (χ4v) is 2.97. The molecule has 0 saturated carbocycles. The van der Waals surface area contributed by atoms with Gasteiger partial charge in [0.15, 0.2) is 0 Å². The molecule has 6 heteroatoms. The van der Waals surface area contributed by atoms with Gasteiger partial charge in [0.25, 0.3) is 11.8 Å². The zero-order valence-electron chi connectivity index (χ0n) is 15.6. The van der Waals surface area contributed by atoms with Crippen LogP contribution in [-0.4, -0.2) is 34.8 Å². The first-order chi connectivity index (χ1) is 12.9. The summed E-state index contributed by atoms with van der Waals surface area (Å²) >= 11 is 0. The van der Waals surface area contributed by atoms with Crippen molar-refractivity contribution in [2.75, 3.05) is 0 Å². The Morgan fingerprint density at radius 3 is 2.04 bits per heavy atom. The van der Waals surface area contributed by atoms with Gasteiger partial charge in [-0.3, -0.25) is 19.3 Å². The Kier molecular flexibility index (Phi) is 5.26. The van der Waals surface area contributed by atoms with Gasteiger partial charge in [-0.05, 0) is 50.6 Å². The molecule has 1 heterocycles. The molecule has 3 amide bonds. The van der Waals surface area contributed by atoms with Gasteiger partial charge in [0, 0.05) is 6.54 Å². The van der Waals surface area contributed by atoms with Crippen LogP contribution >= 0.6 is 0 Å². The van der Waals surface area contributed by atoms with Gasteiger partial charge in [-0.25, -0.2) is 0 Å². The lowest BCUT2D eigenvalue weighted by Gasteiger charge is -2.21. The highest BCUT2D eigenvalue weighted by molar-refractivity contribution is 6.22. The standard InChI is InChI=1S/C21H22N2O4/c1-13(2)27-16-10-8-15(9-11-16)12-22-19(24)14(3)23-20(25)17-6-4-5-7-18(17)21(23)26/h4-11,13-14H,12H2,1-3H3,(H,22,24). The number of carbonyl (C=O) groups excluding carboxylic acids is 3. The first-order valence-corrected chi connectivity index (χ1v) is 8.88. The molecule has 2 aromatic carbocycles. The van der Waals surface area contributed by atoms with E-state index in [1.54, 1.807) is 31.2 Å². The van der Waals surface area contributed by atoms with E-state index in [4.69, 9.17) is 4.74 Å². The number of amides is 3. The zero-order valence-corrected chi connectivity index (χ0v) is 15.6. The second-order valence-electron chi connectivity index (χ2n) is 6.73. The van der Waals surface area contributed by atoms with Crippen LogP contribution in [0.2, 0.25) is 0 Å². The normalized spacial score (nSPS) is 14.3. The molecule has 1 aliphatic heterocycles. The van der Waals surface area contributed by atoms with Crippen molar-refractivity contribution in [1.82, 2.24) is 10.2 Å². The largest absolute Gasteiger partial charge is 0.491 e. The van der Waals surface area contributed by atoms with Crippen LogP contribution in [-0.2, 0) is 11.3 Å². The molecule has 1 unspecified atom stereocenters. The molecule has 0 saturated heterocycles. The van der Waals surface area contributed by atoms with Crippen LogP contribution < -0.4 is 10.1 Å². The lowest BCUT2D eigenvalue weighted by Crippen LogP contribution is -2.47. The molecule has 1 N–H and O–H groups in total. The van der Waals surface area contributed by atoms with Crippen LogP contribution in [0.3, 0.4) is 0 Å². The summed E-state index contributed by atoms with van der Waals surface area (Å²) in [6.07, 6.45) is 0.0936. The average molecular weight is 366 g/mol. The minimum atomic E-state index is -0.888. The van der Waals surface area contributed by atoms with E-state index < -0.39 is 17.9 Å². The maximum atomic E-state index is 12.5. The third-order valence-corrected chi connectivity index (χ3v) is 4.35. The van der Waals surface area contributed by atoms with Gasteiger partial charge in [0.1, 0.15) is 11.8 Å². The number of fused-ring (bicyclic) bond motifs is 1. The lowest BCUT2D eigenvalue weighted by molar-refractivity contribution is -0.124. The summed E-state index contributed by atoms with van der Waals surface area (Å²) in [5.41, 5.74) is 1.57. The van der Waals surface area contributed by atoms with Crippen LogP contribution in [0, 0.1) is 0 Å². The van der Waals surface area contributed by atoms with Gasteiger partial charge in [-0.2, -0.15) is 0 Å². The van der Waals surface area contributed by atoms with Crippen molar-refractivity contribution in [3.05, 3.63) is 65.2 Å². The molecule has 1 aliphatic rings. The molecular weight excluding hydrogens is 344 g/mol. The topological polar surface area (TPSA) is 75.7 Å². The quantitative estimate of drug-likeness (QED) is 0.798. The molecule has 0 radical (unpaired) electrons. The fourth-order valence-electron chi connectivity index (χ4n) is 2.97. The van der Waals surface area contributed by atoms with E-state index in [1.807, 2.05) is 38.1 Å². The van der Waals surface area contributed by atoms with Crippen molar-refractivity contribution in [1.29, 1.82) is 0 Å². The predicted molar refractivity (Wildman–Crippen MR) is 100 cm³/mol. The molecule has 0 fully saturated rings. The lowest BCUT2D eigenvalue weighted by atomic mass is 10.1. The van der Waals surface area contributed by atoms with Gasteiger partial charge < -0.3 is 10.1 Å². The first kappa shape index (κ1) is 18.6. The van der Waals surface area contributed by atoms with Crippen LogP contribution in [0.5, 0.6) is 5.75 Å². The Labute approximate surface area is 158 Å². The van der Waals surface area contributed by atoms with E-state index >= 15 is 0 Å². The van der Waals surface area contributed by atoms with Gasteiger partial charge in [0.2, 0.25) is 5.91 Å². The summed E-state index contributed by atoms with van der Waals surface area (Å²) in [6, 6.07) is 13.1. The van der Waals surface area contributed by atoms with Gasteiger partial charge in [0.05, 0.1) is 17.2 Å². The minimum absolute atomic E-state index is 0.0936. The van der Waals surface area contributed by atoms with Crippen LogP contribution in [0.1, 0.15) is 47.1 Å². The number of hydrogen-bond acceptors (Lipinski definition) is 4. The van der Waals surface area contributed by atoms with Crippen molar-refractivity contribution >= 4 is 17.7 Å². The SMILES string of the molecule is CC(C)Oc1ccc(CNC(=O)C(C)N2C(=O)c3ccccc3C2=O)cc1. The van der Waals surface area contributed by atoms with Gasteiger partial charge in [-0.15, -0.1) is 0 Å². The van der Waals surface area contributed by atoms with Crippen LogP contribution in [0.25, 0.3) is 0 Å². The van der Waals surface area contributed by atoms with E-state index in [-0.39, 0.29) is 12.0 Å². The Balaban J connectivity index is 1.62. The molecular formula is C21H22N2O4. The number of ether oxygens (including phenoxy) is 1. The zero-order chi connectivity index (χ0) is 19.6. The second kappa shape index (κ2) is 7.61. The Morgan fingerprint density at radius 1 is 0.963 bits per heavy atom. The minimum Gasteiger partial charge on any atom is -0.491 e. The van der Waals surface area contributed by atoms with Crippen molar-refractivity contribution in [3.8, 4) is 5.75 Å². The summed E-state index contributed by atoms with van der Waals surface area (Å²) in [5.74, 6) is -0.492. The molecule has 0 bridgehead atoms. The predicted octanol–water partition coefficient (Wildman–Crippen LogP) is 2.77. The van der Waals surface area contributed by atoms with E-state index in [2.05, 4.69) is 5.32 Å². The van der Waals surface area contributed by atoms with Crippen molar-refractivity contribution in [2.45, 2.75) is 39.5 Å². The Hall–Kier alpha value is -3.15. The smallest absolute Gasteiger partial charge is 0.262 e. The molecule has 0 spiro atoms. The maximum absolute atomic E-state index is 12.5. The number of nitrogens with zero attached hydrogens (tertiary/aromatic N) is 1. The summed E-state index contributed by atoms with van der Waals surface area (Å²) in [5, 5.41) is 2.78. The Bertz CT molecular complexity index is 839. The second-order valence-corrected chi connectivity index (χ2v) is 6.73. The summed E-state index contributed by atoms with van der Waals surface area (Å²) in [4.78, 5) is 38.4. The highest BCUT2D eigenvalue weighted by Crippen LogP contribution is 2.24. The van der Waals surface area contributed by atoms with Gasteiger partial charge >= 0.3 is 0 Å². The monoisotopic (exact) mass is 366 g/mol. The third-order valence-electron chi connectivity index (χ3n) is 4.35. The molecule has 2 aromatic rings. The molecule has 6 nitrogen and oxygen atoms in total. The van der Waals surface area contributed by atoms with Gasteiger partial charge in [-0.1, -0.05) is 24.3 Å². The highest BCUT2D eigenvalue weighted by atomic mass is 16.5. The molecule has 27 heavy (non-hydrogen) atoms. The van der Waals surface area contributed by atoms with Crippen molar-refractivity contribution in [2.24, 2.45) is 0 Å². The molecule has 0 aliphatic carbocycles. The molecule has 1 atom stereocenters. The van der Waals surface area contributed by atoms with E-state index in [9.17, 15) is 14.4 Å². The third kappa shape index (κ3) is 3.84. The summed E-state index contributed by atoms with van der Waals surface area (Å²) in [7, 11) is 0. The average Bonchev–Trinajstić information content (AvgIpc) is 2.91. The molecule has 140 valence electrons. The maximum Gasteiger partial charge on any atom is 0.262 e. The number of carbonyl (C=O) groups is 3. The number of imide groups is 1. The summed E-state index contributed by atoms with van der Waals surface area (Å²) < 4.78 is 5.59. The van der Waals surface area contributed by atoms with Crippen LogP contribution in [0.15, 0.2) is 48.5 Å². The van der Waals surface area contributed by atoms with E-state index in [0.717, 1.165) is 16.2 Å². The van der Waals surface area contributed by atoms with Crippen molar-refractivity contribution < 1.29 is 19.1 Å².